The van der Waals surface area contributed by atoms with Gasteiger partial charge in [0.05, 0.1) is 0 Å². The van der Waals surface area contributed by atoms with E-state index in [1.165, 1.54) is 6.20 Å². The lowest BCUT2D eigenvalue weighted by molar-refractivity contribution is -0.137. The summed E-state index contributed by atoms with van der Waals surface area (Å²) in [7, 11) is 0. The van der Waals surface area contributed by atoms with Gasteiger partial charge >= 0.3 is 5.97 Å². The fourth-order valence-electron chi connectivity index (χ4n) is 1.63. The largest absolute Gasteiger partial charge is 0.479 e. The van der Waals surface area contributed by atoms with Crippen LogP contribution in [0.25, 0.3) is 10.9 Å². The molecule has 2 rings (SSSR count). The number of hydrogen-bond donors (Lipinski definition) is 2. The Kier molecular flexibility index (Phi) is 2.70. The van der Waals surface area contributed by atoms with Gasteiger partial charge in [-0.1, -0.05) is 18.2 Å². The van der Waals surface area contributed by atoms with Gasteiger partial charge in [0.25, 0.3) is 6.04 Å². The highest BCUT2D eigenvalue weighted by Crippen LogP contribution is 2.19. The number of benzene rings is 1. The number of aromatic amines is 1. The van der Waals surface area contributed by atoms with Gasteiger partial charge in [0.2, 0.25) is 5.78 Å². The number of nitroso groups, excluding NO2 is 1. The maximum absolute atomic E-state index is 11.8. The Morgan fingerprint density at radius 2 is 2.00 bits per heavy atom. The molecule has 0 radical (unpaired) electrons. The highest BCUT2D eigenvalue weighted by Gasteiger charge is 2.29. The summed E-state index contributed by atoms with van der Waals surface area (Å²) in [6, 6.07) is 5.02. The monoisotopic (exact) mass is 232 g/mol. The summed E-state index contributed by atoms with van der Waals surface area (Å²) in [6.45, 7) is 0. The number of nitrogens with one attached hydrogen (secondary N) is 1. The number of H-pyrrole nitrogens is 1. The lowest BCUT2D eigenvalue weighted by atomic mass is 10.0. The van der Waals surface area contributed by atoms with E-state index in [0.29, 0.717) is 10.9 Å². The van der Waals surface area contributed by atoms with Gasteiger partial charge in [-0.3, -0.25) is 4.79 Å². The number of rotatable bonds is 4. The maximum Gasteiger partial charge on any atom is 0.340 e. The van der Waals surface area contributed by atoms with E-state index >= 15 is 0 Å². The normalized spacial score (nSPS) is 12.2. The summed E-state index contributed by atoms with van der Waals surface area (Å²) in [5, 5.41) is 11.6. The predicted octanol–water partition coefficient (Wildman–Crippen LogP) is 1.57. The van der Waals surface area contributed by atoms with Gasteiger partial charge in [0.15, 0.2) is 0 Å². The first kappa shape index (κ1) is 11.0. The zero-order chi connectivity index (χ0) is 12.4. The maximum atomic E-state index is 11.8. The Labute approximate surface area is 95.2 Å². The molecule has 0 aliphatic rings. The number of ketones is 1. The third kappa shape index (κ3) is 1.80. The number of carbonyl (C=O) groups is 2. The van der Waals surface area contributed by atoms with Gasteiger partial charge in [-0.15, -0.1) is 4.91 Å². The summed E-state index contributed by atoms with van der Waals surface area (Å²) in [4.78, 5) is 35.7. The van der Waals surface area contributed by atoms with Crippen molar-refractivity contribution in [1.82, 2.24) is 4.98 Å². The fourth-order valence-corrected chi connectivity index (χ4v) is 1.63. The molecule has 0 saturated heterocycles. The van der Waals surface area contributed by atoms with E-state index in [4.69, 9.17) is 5.11 Å². The third-order valence-corrected chi connectivity index (χ3v) is 2.44. The minimum absolute atomic E-state index is 0.160. The van der Waals surface area contributed by atoms with Crippen LogP contribution in [-0.4, -0.2) is 27.9 Å². The van der Waals surface area contributed by atoms with Gasteiger partial charge in [-0.25, -0.2) is 4.79 Å². The molecule has 86 valence electrons. The number of aliphatic carboxylic acids is 1. The zero-order valence-electron chi connectivity index (χ0n) is 8.58. The number of carboxylic acids is 1. The number of aromatic nitrogens is 1. The standard InChI is InChI=1S/C11H8N2O4/c14-10(9(13-17)11(15)16)7-5-12-8-4-2-1-3-6(7)8/h1-5,9,12H,(H,15,16)/t9-/m0/s1. The van der Waals surface area contributed by atoms with Crippen molar-refractivity contribution in [3.8, 4) is 0 Å². The molecule has 0 spiro atoms. The Morgan fingerprint density at radius 3 is 2.65 bits per heavy atom. The quantitative estimate of drug-likeness (QED) is 0.474. The van der Waals surface area contributed by atoms with Crippen molar-refractivity contribution in [3.63, 3.8) is 0 Å². The van der Waals surface area contributed by atoms with Crippen molar-refractivity contribution >= 4 is 22.7 Å². The first-order valence-corrected chi connectivity index (χ1v) is 4.80. The molecule has 1 atom stereocenters. The summed E-state index contributed by atoms with van der Waals surface area (Å²) in [5.74, 6) is -2.36. The minimum atomic E-state index is -1.89. The Bertz CT molecular complexity index is 602. The highest BCUT2D eigenvalue weighted by molar-refractivity contribution is 6.17. The Morgan fingerprint density at radius 1 is 1.29 bits per heavy atom. The van der Waals surface area contributed by atoms with E-state index in [2.05, 4.69) is 10.2 Å². The predicted molar refractivity (Wildman–Crippen MR) is 59.8 cm³/mol. The Hall–Kier alpha value is -2.50. The fraction of sp³-hybridized carbons (Fsp3) is 0.0909. The molecule has 6 nitrogen and oxygen atoms in total. The zero-order valence-corrected chi connectivity index (χ0v) is 8.58. The Balaban J connectivity index is 2.50. The first-order chi connectivity index (χ1) is 8.15. The molecule has 0 unspecified atom stereocenters. The van der Waals surface area contributed by atoms with Crippen molar-refractivity contribution in [1.29, 1.82) is 0 Å². The van der Waals surface area contributed by atoms with E-state index in [1.807, 2.05) is 0 Å². The van der Waals surface area contributed by atoms with Crippen LogP contribution in [0.5, 0.6) is 0 Å². The van der Waals surface area contributed by atoms with E-state index < -0.39 is 17.8 Å². The van der Waals surface area contributed by atoms with Gasteiger partial charge in [0.1, 0.15) is 0 Å². The van der Waals surface area contributed by atoms with Crippen LogP contribution >= 0.6 is 0 Å². The number of hydrogen-bond acceptors (Lipinski definition) is 4. The van der Waals surface area contributed by atoms with Crippen molar-refractivity contribution in [2.75, 3.05) is 0 Å². The average molecular weight is 232 g/mol. The molecule has 0 fully saturated rings. The first-order valence-electron chi connectivity index (χ1n) is 4.80. The van der Waals surface area contributed by atoms with Gasteiger partial charge < -0.3 is 10.1 Å². The number of carboxylic acid groups (broad SMARTS) is 1. The smallest absolute Gasteiger partial charge is 0.340 e. The lowest BCUT2D eigenvalue weighted by Crippen LogP contribution is -2.27. The summed E-state index contributed by atoms with van der Waals surface area (Å²) >= 11 is 0. The topological polar surface area (TPSA) is 99.6 Å². The van der Waals surface area contributed by atoms with Crippen molar-refractivity contribution in [2.45, 2.75) is 6.04 Å². The van der Waals surface area contributed by atoms with E-state index in [0.717, 1.165) is 0 Å². The second-order valence-corrected chi connectivity index (χ2v) is 3.46. The number of fused-ring (bicyclic) bond motifs is 1. The van der Waals surface area contributed by atoms with Crippen LogP contribution < -0.4 is 0 Å². The second kappa shape index (κ2) is 4.17. The lowest BCUT2D eigenvalue weighted by Gasteiger charge is -2.01. The number of nitrogens with zero attached hydrogens (tertiary/aromatic N) is 1. The third-order valence-electron chi connectivity index (χ3n) is 2.44. The summed E-state index contributed by atoms with van der Waals surface area (Å²) in [5.41, 5.74) is 0.860. The molecule has 2 aromatic rings. The van der Waals surface area contributed by atoms with Crippen molar-refractivity contribution < 1.29 is 14.7 Å². The number of carbonyl (C=O) groups excluding carboxylic acids is 1. The van der Waals surface area contributed by atoms with E-state index in [1.54, 1.807) is 24.3 Å². The van der Waals surface area contributed by atoms with E-state index in [-0.39, 0.29) is 5.56 Å². The molecule has 0 aliphatic carbocycles. The molecule has 6 heteroatoms. The van der Waals surface area contributed by atoms with Crippen LogP contribution in [0.2, 0.25) is 0 Å². The van der Waals surface area contributed by atoms with Crippen LogP contribution in [0, 0.1) is 4.91 Å². The van der Waals surface area contributed by atoms with Crippen LogP contribution in [0.15, 0.2) is 35.6 Å². The van der Waals surface area contributed by atoms with Crippen LogP contribution in [0.4, 0.5) is 0 Å². The molecule has 1 aromatic heterocycles. The minimum Gasteiger partial charge on any atom is -0.479 e. The summed E-state index contributed by atoms with van der Waals surface area (Å²) in [6.07, 6.45) is 1.38. The highest BCUT2D eigenvalue weighted by atomic mass is 16.4. The SMILES string of the molecule is O=N[C@H](C(=O)O)C(=O)c1c[nH]c2ccccc12. The van der Waals surface area contributed by atoms with Gasteiger partial charge in [-0.05, 0) is 11.2 Å². The second-order valence-electron chi connectivity index (χ2n) is 3.46. The molecular formula is C11H8N2O4. The molecule has 0 saturated carbocycles. The van der Waals surface area contributed by atoms with Gasteiger partial charge in [-0.2, -0.15) is 0 Å². The van der Waals surface area contributed by atoms with Crippen molar-refractivity contribution in [3.05, 3.63) is 40.9 Å². The molecule has 2 N–H and O–H groups in total. The molecule has 0 aliphatic heterocycles. The van der Waals surface area contributed by atoms with Crippen LogP contribution in [0.3, 0.4) is 0 Å². The average Bonchev–Trinajstić information content (AvgIpc) is 2.72. The number of para-hydroxylation sites is 1. The van der Waals surface area contributed by atoms with Crippen molar-refractivity contribution in [2.24, 2.45) is 5.18 Å². The number of Topliss-reactive ketones (excluding diaryl/α,β-unsaturated/α-hetero) is 1. The molecule has 1 aromatic carbocycles. The molecule has 0 amide bonds. The molecule has 1 heterocycles. The van der Waals surface area contributed by atoms with Gasteiger partial charge in [0, 0.05) is 22.7 Å². The molecular weight excluding hydrogens is 224 g/mol. The van der Waals surface area contributed by atoms with Crippen LogP contribution in [0.1, 0.15) is 10.4 Å². The molecule has 0 bridgehead atoms. The summed E-state index contributed by atoms with van der Waals surface area (Å²) < 4.78 is 0. The van der Waals surface area contributed by atoms with E-state index in [9.17, 15) is 14.5 Å². The molecule has 17 heavy (non-hydrogen) atoms. The van der Waals surface area contributed by atoms with Crippen LogP contribution in [-0.2, 0) is 4.79 Å².